The summed E-state index contributed by atoms with van der Waals surface area (Å²) in [4.78, 5) is 4.39. The van der Waals surface area contributed by atoms with E-state index in [-0.39, 0.29) is 11.5 Å². The zero-order valence-corrected chi connectivity index (χ0v) is 16.1. The van der Waals surface area contributed by atoms with E-state index in [1.165, 1.54) is 51.3 Å². The summed E-state index contributed by atoms with van der Waals surface area (Å²) < 4.78 is 0. The van der Waals surface area contributed by atoms with Gasteiger partial charge in [0, 0.05) is 28.9 Å². The minimum Gasteiger partial charge on any atom is -0.269 e. The van der Waals surface area contributed by atoms with Crippen molar-refractivity contribution in [2.24, 2.45) is 0 Å². The molecular formula is C25H21N3. The van der Waals surface area contributed by atoms with Crippen molar-refractivity contribution in [2.75, 3.05) is 5.01 Å². The maximum absolute atomic E-state index is 4.39. The van der Waals surface area contributed by atoms with Crippen LogP contribution in [0.15, 0.2) is 66.5 Å². The molecule has 2 aromatic rings. The quantitative estimate of drug-likeness (QED) is 0.589. The van der Waals surface area contributed by atoms with Crippen molar-refractivity contribution in [3.8, 4) is 0 Å². The van der Waals surface area contributed by atoms with Gasteiger partial charge < -0.3 is 0 Å². The first-order valence-corrected chi connectivity index (χ1v) is 10.2. The fourth-order valence-electron chi connectivity index (χ4n) is 5.86. The zero-order chi connectivity index (χ0) is 18.6. The lowest BCUT2D eigenvalue weighted by molar-refractivity contribution is 0.393. The molecule has 1 aromatic heterocycles. The molecule has 0 fully saturated rings. The molecule has 5 aliphatic rings. The van der Waals surface area contributed by atoms with Gasteiger partial charge in [0.15, 0.2) is 0 Å². The van der Waals surface area contributed by atoms with Crippen molar-refractivity contribution in [3.05, 3.63) is 88.8 Å². The maximum atomic E-state index is 4.39. The van der Waals surface area contributed by atoms with Crippen molar-refractivity contribution in [3.63, 3.8) is 0 Å². The second kappa shape index (κ2) is 4.67. The van der Waals surface area contributed by atoms with E-state index in [4.69, 9.17) is 0 Å². The zero-order valence-electron chi connectivity index (χ0n) is 16.1. The van der Waals surface area contributed by atoms with Gasteiger partial charge in [0.2, 0.25) is 0 Å². The Morgan fingerprint density at radius 1 is 1.14 bits per heavy atom. The maximum Gasteiger partial charge on any atom is 0.0980 e. The van der Waals surface area contributed by atoms with Gasteiger partial charge in [0.05, 0.1) is 23.1 Å². The lowest BCUT2D eigenvalue weighted by Gasteiger charge is -2.30. The van der Waals surface area contributed by atoms with Crippen LogP contribution in [0.2, 0.25) is 0 Å². The topological polar surface area (TPSA) is 19.4 Å². The molecule has 7 rings (SSSR count). The molecular weight excluding hydrogens is 342 g/mol. The molecule has 0 radical (unpaired) electrons. The van der Waals surface area contributed by atoms with E-state index in [1.54, 1.807) is 5.57 Å². The Labute approximate surface area is 165 Å². The van der Waals surface area contributed by atoms with E-state index in [0.717, 1.165) is 6.42 Å². The van der Waals surface area contributed by atoms with Crippen molar-refractivity contribution in [1.29, 1.82) is 0 Å². The number of aromatic nitrogens is 1. The van der Waals surface area contributed by atoms with Crippen LogP contribution >= 0.6 is 0 Å². The highest BCUT2D eigenvalue weighted by atomic mass is 15.7. The first kappa shape index (κ1) is 14.9. The molecule has 0 spiro atoms. The molecule has 4 heterocycles. The van der Waals surface area contributed by atoms with Crippen LogP contribution in [-0.4, -0.2) is 9.99 Å². The van der Waals surface area contributed by atoms with Crippen molar-refractivity contribution < 1.29 is 0 Å². The van der Waals surface area contributed by atoms with Crippen LogP contribution in [0, 0.1) is 0 Å². The molecule has 0 unspecified atom stereocenters. The van der Waals surface area contributed by atoms with Gasteiger partial charge in [-0.3, -0.25) is 15.0 Å². The number of nitrogens with zero attached hydrogens (tertiary/aromatic N) is 3. The standard InChI is InChI=1S/C25H21N3/c1-25(2)19-7-4-3-6-15(19)16-13-24-17(12-20(16)25)21-8-5-9-22-18-14-26-11-10-23(18)28(24)27(21)22/h3,5-6,8-14,22H,4,7H2,1-2H3/t22-/m0/s1. The number of anilines is 2. The van der Waals surface area contributed by atoms with Gasteiger partial charge in [0.25, 0.3) is 0 Å². The molecule has 136 valence electrons. The van der Waals surface area contributed by atoms with Crippen LogP contribution in [0.1, 0.15) is 55.0 Å². The molecule has 2 aliphatic carbocycles. The van der Waals surface area contributed by atoms with Crippen LogP contribution in [0.4, 0.5) is 11.4 Å². The van der Waals surface area contributed by atoms with Crippen molar-refractivity contribution >= 4 is 22.6 Å². The number of hydrazine groups is 1. The first-order chi connectivity index (χ1) is 13.7. The summed E-state index contributed by atoms with van der Waals surface area (Å²) in [7, 11) is 0. The monoisotopic (exact) mass is 363 g/mol. The summed E-state index contributed by atoms with van der Waals surface area (Å²) in [5.74, 6) is 0. The van der Waals surface area contributed by atoms with Gasteiger partial charge >= 0.3 is 0 Å². The third kappa shape index (κ3) is 1.53. The number of pyridine rings is 1. The molecule has 28 heavy (non-hydrogen) atoms. The van der Waals surface area contributed by atoms with Crippen LogP contribution in [-0.2, 0) is 5.41 Å². The lowest BCUT2D eigenvalue weighted by Crippen LogP contribution is -2.29. The number of rotatable bonds is 0. The second-order valence-electron chi connectivity index (χ2n) is 8.85. The minimum atomic E-state index is 0.110. The van der Waals surface area contributed by atoms with Gasteiger partial charge in [-0.05, 0) is 53.8 Å². The van der Waals surface area contributed by atoms with Crippen molar-refractivity contribution in [1.82, 2.24) is 9.99 Å². The van der Waals surface area contributed by atoms with Crippen LogP contribution < -0.4 is 5.01 Å². The lowest BCUT2D eigenvalue weighted by atomic mass is 9.78. The van der Waals surface area contributed by atoms with E-state index in [9.17, 15) is 0 Å². The van der Waals surface area contributed by atoms with E-state index in [1.807, 2.05) is 12.4 Å². The summed E-state index contributed by atoms with van der Waals surface area (Å²) in [6.07, 6.45) is 17.7. The third-order valence-electron chi connectivity index (χ3n) is 7.18. The molecule has 0 saturated carbocycles. The molecule has 1 atom stereocenters. The fourth-order valence-corrected chi connectivity index (χ4v) is 5.86. The number of hydrogen-bond acceptors (Lipinski definition) is 3. The average molecular weight is 363 g/mol. The highest BCUT2D eigenvalue weighted by Crippen LogP contribution is 2.59. The SMILES string of the molecule is CC1(C)C2=C(C=CCC2)c2cc3c(cc21)C1=CC=C[C@H]2c4cnccc4N3N12. The molecule has 0 amide bonds. The van der Waals surface area contributed by atoms with Gasteiger partial charge in [-0.2, -0.15) is 0 Å². The number of hydrogen-bond donors (Lipinski definition) is 0. The van der Waals surface area contributed by atoms with Crippen LogP contribution in [0.25, 0.3) is 11.3 Å². The normalized spacial score (nSPS) is 24.1. The Hall–Kier alpha value is -3.07. The Kier molecular flexibility index (Phi) is 2.49. The van der Waals surface area contributed by atoms with E-state index in [0.29, 0.717) is 0 Å². The molecule has 0 N–H and O–H groups in total. The van der Waals surface area contributed by atoms with E-state index >= 15 is 0 Å². The van der Waals surface area contributed by atoms with E-state index in [2.05, 4.69) is 77.4 Å². The highest BCUT2D eigenvalue weighted by Gasteiger charge is 2.47. The summed E-state index contributed by atoms with van der Waals surface area (Å²) in [6, 6.07) is 7.30. The largest absolute Gasteiger partial charge is 0.269 e. The molecule has 1 aromatic carbocycles. The predicted octanol–water partition coefficient (Wildman–Crippen LogP) is 5.81. The van der Waals surface area contributed by atoms with Gasteiger partial charge in [-0.15, -0.1) is 0 Å². The Morgan fingerprint density at radius 2 is 2.07 bits per heavy atom. The van der Waals surface area contributed by atoms with Gasteiger partial charge in [-0.25, -0.2) is 0 Å². The summed E-state index contributed by atoms with van der Waals surface area (Å²) in [6.45, 7) is 4.80. The smallest absolute Gasteiger partial charge is 0.0980 e. The summed E-state index contributed by atoms with van der Waals surface area (Å²) in [5, 5.41) is 4.84. The molecule has 3 aliphatic heterocycles. The number of benzene rings is 1. The Morgan fingerprint density at radius 3 is 3.00 bits per heavy atom. The summed E-state index contributed by atoms with van der Waals surface area (Å²) in [5.41, 5.74) is 12.6. The Balaban J connectivity index is 1.53. The van der Waals surface area contributed by atoms with E-state index < -0.39 is 0 Å². The average Bonchev–Trinajstić information content (AvgIpc) is 3.31. The predicted molar refractivity (Wildman–Crippen MR) is 113 cm³/mol. The Bertz CT molecular complexity index is 1210. The second-order valence-corrected chi connectivity index (χ2v) is 8.85. The number of fused-ring (bicyclic) bond motifs is 8. The van der Waals surface area contributed by atoms with Crippen LogP contribution in [0.3, 0.4) is 0 Å². The molecule has 3 heteroatoms. The molecule has 0 bridgehead atoms. The summed E-state index contributed by atoms with van der Waals surface area (Å²) >= 11 is 0. The van der Waals surface area contributed by atoms with Gasteiger partial charge in [-0.1, -0.05) is 43.7 Å². The van der Waals surface area contributed by atoms with Crippen LogP contribution in [0.5, 0.6) is 0 Å². The van der Waals surface area contributed by atoms with Crippen molar-refractivity contribution in [2.45, 2.75) is 38.1 Å². The molecule has 0 saturated heterocycles. The first-order valence-electron chi connectivity index (χ1n) is 10.2. The highest BCUT2D eigenvalue weighted by molar-refractivity contribution is 5.96. The number of allylic oxidation sites excluding steroid dienone is 6. The third-order valence-corrected chi connectivity index (χ3v) is 7.18. The van der Waals surface area contributed by atoms with Gasteiger partial charge in [0.1, 0.15) is 0 Å². The minimum absolute atomic E-state index is 0.110. The fraction of sp³-hybridized carbons (Fsp3) is 0.240. The molecule has 3 nitrogen and oxygen atoms in total.